The molecule has 3 aromatic rings. The molecule has 0 fully saturated rings. The van der Waals surface area contributed by atoms with Gasteiger partial charge in [0.15, 0.2) is 6.29 Å². The van der Waals surface area contributed by atoms with Crippen molar-refractivity contribution in [2.75, 3.05) is 0 Å². The summed E-state index contributed by atoms with van der Waals surface area (Å²) in [5.41, 5.74) is 2.02. The van der Waals surface area contributed by atoms with E-state index < -0.39 is 0 Å². The molecule has 2 N–H and O–H groups in total. The van der Waals surface area contributed by atoms with Crippen LogP contribution in [0.5, 0.6) is 5.75 Å². The average molecular weight is 290 g/mol. The van der Waals surface area contributed by atoms with Gasteiger partial charge in [0.1, 0.15) is 5.75 Å². The molecule has 0 aliphatic heterocycles. The van der Waals surface area contributed by atoms with Gasteiger partial charge in [-0.15, -0.1) is 0 Å². The number of aromatic amines is 1. The number of benzene rings is 2. The number of aromatic hydroxyl groups is 1. The highest BCUT2D eigenvalue weighted by molar-refractivity contribution is 9.10. The summed E-state index contributed by atoms with van der Waals surface area (Å²) < 4.78 is 0.767. The van der Waals surface area contributed by atoms with E-state index in [1.165, 1.54) is 0 Å². The summed E-state index contributed by atoms with van der Waals surface area (Å²) in [5, 5.41) is 11.7. The number of aromatic nitrogens is 1. The molecule has 0 amide bonds. The normalized spacial score (nSPS) is 11.1. The Hall–Kier alpha value is -1.81. The largest absolute Gasteiger partial charge is 0.506 e. The number of rotatable bonds is 1. The fraction of sp³-hybridized carbons (Fsp3) is 0. The predicted molar refractivity (Wildman–Crippen MR) is 70.6 cm³/mol. The van der Waals surface area contributed by atoms with Crippen molar-refractivity contribution in [3.05, 3.63) is 40.4 Å². The van der Waals surface area contributed by atoms with Crippen LogP contribution in [0.2, 0.25) is 0 Å². The number of phenols is 1. The standard InChI is InChI=1S/C13H8BrNO2/c14-9-5-7(6-16)13(17)11-8-3-1-2-4-10(8)15-12(9)11/h1-6,15,17H. The van der Waals surface area contributed by atoms with Crippen molar-refractivity contribution < 1.29 is 9.90 Å². The lowest BCUT2D eigenvalue weighted by molar-refractivity contribution is 0.112. The molecule has 3 nitrogen and oxygen atoms in total. The lowest BCUT2D eigenvalue weighted by atomic mass is 10.1. The molecule has 0 saturated heterocycles. The molecule has 0 aliphatic rings. The molecule has 0 bridgehead atoms. The van der Waals surface area contributed by atoms with Crippen LogP contribution < -0.4 is 0 Å². The third-order valence-electron chi connectivity index (χ3n) is 2.86. The molecule has 3 rings (SSSR count). The zero-order valence-corrected chi connectivity index (χ0v) is 10.3. The molecule has 4 heteroatoms. The van der Waals surface area contributed by atoms with E-state index in [9.17, 15) is 9.90 Å². The van der Waals surface area contributed by atoms with Gasteiger partial charge in [-0.25, -0.2) is 0 Å². The maximum Gasteiger partial charge on any atom is 0.153 e. The number of phenolic OH excluding ortho intramolecular Hbond substituents is 1. The highest BCUT2D eigenvalue weighted by Gasteiger charge is 2.14. The van der Waals surface area contributed by atoms with E-state index in [-0.39, 0.29) is 11.3 Å². The van der Waals surface area contributed by atoms with E-state index in [0.29, 0.717) is 11.7 Å². The summed E-state index contributed by atoms with van der Waals surface area (Å²) in [6, 6.07) is 9.27. The summed E-state index contributed by atoms with van der Waals surface area (Å²) in [5.74, 6) is 0.0238. The number of carbonyl (C=O) groups is 1. The van der Waals surface area contributed by atoms with Crippen LogP contribution in [-0.2, 0) is 0 Å². The third-order valence-corrected chi connectivity index (χ3v) is 3.49. The van der Waals surface area contributed by atoms with Crippen LogP contribution >= 0.6 is 15.9 Å². The van der Waals surface area contributed by atoms with Gasteiger partial charge < -0.3 is 10.1 Å². The Bertz CT molecular complexity index is 746. The van der Waals surface area contributed by atoms with Crippen molar-refractivity contribution in [3.63, 3.8) is 0 Å². The van der Waals surface area contributed by atoms with Crippen molar-refractivity contribution in [3.8, 4) is 5.75 Å². The van der Waals surface area contributed by atoms with E-state index in [1.807, 2.05) is 24.3 Å². The molecule has 0 spiro atoms. The molecule has 1 heterocycles. The number of para-hydroxylation sites is 1. The molecule has 0 saturated carbocycles. The van der Waals surface area contributed by atoms with Crippen LogP contribution in [0.4, 0.5) is 0 Å². The summed E-state index contributed by atoms with van der Waals surface area (Å²) in [7, 11) is 0. The van der Waals surface area contributed by atoms with E-state index in [2.05, 4.69) is 20.9 Å². The zero-order chi connectivity index (χ0) is 12.0. The quantitative estimate of drug-likeness (QED) is 0.673. The summed E-state index contributed by atoms with van der Waals surface area (Å²) in [6.07, 6.45) is 0.654. The Kier molecular flexibility index (Phi) is 2.19. The van der Waals surface area contributed by atoms with E-state index in [1.54, 1.807) is 6.07 Å². The van der Waals surface area contributed by atoms with Crippen LogP contribution in [0, 0.1) is 0 Å². The Morgan fingerprint density at radius 3 is 2.82 bits per heavy atom. The molecule has 17 heavy (non-hydrogen) atoms. The second kappa shape index (κ2) is 3.60. The molecule has 1 aromatic heterocycles. The summed E-state index contributed by atoms with van der Waals surface area (Å²) >= 11 is 3.40. The summed E-state index contributed by atoms with van der Waals surface area (Å²) in [6.45, 7) is 0. The monoisotopic (exact) mass is 289 g/mol. The van der Waals surface area contributed by atoms with Crippen molar-refractivity contribution in [2.24, 2.45) is 0 Å². The first-order chi connectivity index (χ1) is 8.22. The fourth-order valence-corrected chi connectivity index (χ4v) is 2.62. The van der Waals surface area contributed by atoms with E-state index in [0.717, 1.165) is 20.9 Å². The van der Waals surface area contributed by atoms with Crippen LogP contribution in [0.1, 0.15) is 10.4 Å². The van der Waals surface area contributed by atoms with Gasteiger partial charge in [0.2, 0.25) is 0 Å². The van der Waals surface area contributed by atoms with Gasteiger partial charge >= 0.3 is 0 Å². The Labute approximate surface area is 105 Å². The number of aldehydes is 1. The fourth-order valence-electron chi connectivity index (χ4n) is 2.08. The minimum absolute atomic E-state index is 0.0238. The van der Waals surface area contributed by atoms with E-state index >= 15 is 0 Å². The number of hydrogen-bond acceptors (Lipinski definition) is 2. The number of hydrogen-bond donors (Lipinski definition) is 2. The van der Waals surface area contributed by atoms with Crippen molar-refractivity contribution >= 4 is 44.0 Å². The first-order valence-electron chi connectivity index (χ1n) is 5.09. The SMILES string of the molecule is O=Cc1cc(Br)c2[nH]c3ccccc3c2c1O. The molecule has 0 atom stereocenters. The third kappa shape index (κ3) is 1.37. The molecular formula is C13H8BrNO2. The van der Waals surface area contributed by atoms with Gasteiger partial charge in [-0.2, -0.15) is 0 Å². The predicted octanol–water partition coefficient (Wildman–Crippen LogP) is 3.60. The first-order valence-corrected chi connectivity index (χ1v) is 5.88. The minimum atomic E-state index is 0.0238. The molecule has 0 unspecified atom stereocenters. The van der Waals surface area contributed by atoms with Crippen molar-refractivity contribution in [1.29, 1.82) is 0 Å². The number of nitrogens with one attached hydrogen (secondary N) is 1. The van der Waals surface area contributed by atoms with Gasteiger partial charge in [0.05, 0.1) is 16.5 Å². The maximum atomic E-state index is 10.9. The number of carbonyl (C=O) groups excluding carboxylic acids is 1. The first kappa shape index (κ1) is 10.4. The van der Waals surface area contributed by atoms with Gasteiger partial charge in [-0.3, -0.25) is 4.79 Å². The molecule has 0 radical (unpaired) electrons. The highest BCUT2D eigenvalue weighted by atomic mass is 79.9. The van der Waals surface area contributed by atoms with Gasteiger partial charge in [0.25, 0.3) is 0 Å². The second-order valence-electron chi connectivity index (χ2n) is 3.83. The van der Waals surface area contributed by atoms with Gasteiger partial charge in [0, 0.05) is 15.4 Å². The summed E-state index contributed by atoms with van der Waals surface area (Å²) in [4.78, 5) is 14.1. The Morgan fingerprint density at radius 1 is 1.29 bits per heavy atom. The van der Waals surface area contributed by atoms with Crippen molar-refractivity contribution in [2.45, 2.75) is 0 Å². The van der Waals surface area contributed by atoms with Crippen molar-refractivity contribution in [1.82, 2.24) is 4.98 Å². The maximum absolute atomic E-state index is 10.9. The lowest BCUT2D eigenvalue weighted by Gasteiger charge is -2.01. The molecular weight excluding hydrogens is 282 g/mol. The van der Waals surface area contributed by atoms with Crippen LogP contribution in [0.15, 0.2) is 34.8 Å². The number of fused-ring (bicyclic) bond motifs is 3. The number of halogens is 1. The Balaban J connectivity index is 2.62. The minimum Gasteiger partial charge on any atom is -0.506 e. The smallest absolute Gasteiger partial charge is 0.153 e. The van der Waals surface area contributed by atoms with Gasteiger partial charge in [-0.05, 0) is 28.1 Å². The van der Waals surface area contributed by atoms with Crippen LogP contribution in [0.25, 0.3) is 21.8 Å². The molecule has 84 valence electrons. The van der Waals surface area contributed by atoms with Crippen LogP contribution in [-0.4, -0.2) is 16.4 Å². The molecule has 2 aromatic carbocycles. The molecule has 0 aliphatic carbocycles. The van der Waals surface area contributed by atoms with Gasteiger partial charge in [-0.1, -0.05) is 18.2 Å². The van der Waals surface area contributed by atoms with E-state index in [4.69, 9.17) is 0 Å². The lowest BCUT2D eigenvalue weighted by Crippen LogP contribution is -1.83. The average Bonchev–Trinajstić information content (AvgIpc) is 2.73. The second-order valence-corrected chi connectivity index (χ2v) is 4.69. The topological polar surface area (TPSA) is 53.1 Å². The Morgan fingerprint density at radius 2 is 2.06 bits per heavy atom. The highest BCUT2D eigenvalue weighted by Crippen LogP contribution is 2.38. The van der Waals surface area contributed by atoms with Crippen LogP contribution in [0.3, 0.4) is 0 Å². The number of H-pyrrole nitrogens is 1. The zero-order valence-electron chi connectivity index (χ0n) is 8.70.